The van der Waals surface area contributed by atoms with Gasteiger partial charge in [0.2, 0.25) is 5.75 Å². The van der Waals surface area contributed by atoms with Gasteiger partial charge in [0.25, 0.3) is 0 Å². The molecular weight excluding hydrogens is 408 g/mol. The van der Waals surface area contributed by atoms with Gasteiger partial charge in [-0.25, -0.2) is 0 Å². The lowest BCUT2D eigenvalue weighted by atomic mass is 10.1. The molecule has 1 saturated heterocycles. The second kappa shape index (κ2) is 11.4. The first-order valence-electron chi connectivity index (χ1n) is 10.7. The molecule has 0 amide bonds. The summed E-state index contributed by atoms with van der Waals surface area (Å²) in [6.07, 6.45) is 1.13. The van der Waals surface area contributed by atoms with Crippen molar-refractivity contribution in [1.82, 2.24) is 10.6 Å². The van der Waals surface area contributed by atoms with Crippen molar-refractivity contribution in [2.45, 2.75) is 13.0 Å². The van der Waals surface area contributed by atoms with E-state index in [0.29, 0.717) is 29.7 Å². The number of hydrogen-bond acceptors (Lipinski definition) is 6. The predicted molar refractivity (Wildman–Crippen MR) is 128 cm³/mol. The summed E-state index contributed by atoms with van der Waals surface area (Å²) in [5.74, 6) is 4.05. The lowest BCUT2D eigenvalue weighted by molar-refractivity contribution is 0.323. The molecule has 0 aromatic heterocycles. The molecule has 0 radical (unpaired) electrons. The Labute approximate surface area is 190 Å². The van der Waals surface area contributed by atoms with Crippen LogP contribution in [0.4, 0.5) is 5.69 Å². The lowest BCUT2D eigenvalue weighted by Crippen LogP contribution is -2.39. The summed E-state index contributed by atoms with van der Waals surface area (Å²) in [6.45, 7) is 3.48. The van der Waals surface area contributed by atoms with Gasteiger partial charge >= 0.3 is 0 Å². The zero-order valence-corrected chi connectivity index (χ0v) is 19.6. The molecule has 1 fully saturated rings. The van der Waals surface area contributed by atoms with Crippen molar-refractivity contribution in [3.8, 4) is 23.0 Å². The number of guanidine groups is 1. The maximum Gasteiger partial charge on any atom is 0.203 e. The van der Waals surface area contributed by atoms with Crippen LogP contribution in [0.1, 0.15) is 12.0 Å². The fraction of sp³-hybridized carbons (Fsp3) is 0.458. The molecule has 1 heterocycles. The number of nitrogens with one attached hydrogen (secondary N) is 2. The minimum Gasteiger partial charge on any atom is -0.497 e. The Hall–Kier alpha value is -3.29. The summed E-state index contributed by atoms with van der Waals surface area (Å²) in [4.78, 5) is 6.76. The maximum atomic E-state index is 5.44. The summed E-state index contributed by atoms with van der Waals surface area (Å²) in [6, 6.07) is 12.1. The molecule has 8 nitrogen and oxygen atoms in total. The van der Waals surface area contributed by atoms with Crippen LogP contribution in [0.5, 0.6) is 23.0 Å². The molecule has 1 aliphatic heterocycles. The van der Waals surface area contributed by atoms with Gasteiger partial charge in [0.05, 0.1) is 28.4 Å². The van der Waals surface area contributed by atoms with E-state index >= 15 is 0 Å². The lowest BCUT2D eigenvalue weighted by Gasteiger charge is -2.20. The highest BCUT2D eigenvalue weighted by atomic mass is 16.5. The first kappa shape index (κ1) is 23.4. The first-order valence-corrected chi connectivity index (χ1v) is 10.7. The highest BCUT2D eigenvalue weighted by Crippen LogP contribution is 2.38. The van der Waals surface area contributed by atoms with Crippen molar-refractivity contribution < 1.29 is 18.9 Å². The van der Waals surface area contributed by atoms with E-state index < -0.39 is 0 Å². The third kappa shape index (κ3) is 5.69. The standard InChI is InChI=1S/C24H34N4O4/c1-25-24(27-15-18-11-21(30-3)23(32-5)22(12-18)31-4)26-14-17-9-10-28(16-17)19-7-6-8-20(13-19)29-2/h6-8,11-13,17H,9-10,14-16H2,1-5H3,(H2,25,26,27). The van der Waals surface area contributed by atoms with E-state index in [9.17, 15) is 0 Å². The minimum absolute atomic E-state index is 0.543. The summed E-state index contributed by atoms with van der Waals surface area (Å²) < 4.78 is 21.6. The van der Waals surface area contributed by atoms with E-state index in [-0.39, 0.29) is 0 Å². The van der Waals surface area contributed by atoms with E-state index in [4.69, 9.17) is 18.9 Å². The molecule has 174 valence electrons. The van der Waals surface area contributed by atoms with E-state index in [1.807, 2.05) is 24.3 Å². The van der Waals surface area contributed by atoms with Crippen molar-refractivity contribution in [1.29, 1.82) is 0 Å². The Morgan fingerprint density at radius 2 is 1.75 bits per heavy atom. The second-order valence-corrected chi connectivity index (χ2v) is 7.64. The number of rotatable bonds is 9. The Morgan fingerprint density at radius 1 is 1.00 bits per heavy atom. The number of methoxy groups -OCH3 is 4. The monoisotopic (exact) mass is 442 g/mol. The summed E-state index contributed by atoms with van der Waals surface area (Å²) in [5.41, 5.74) is 2.21. The van der Waals surface area contributed by atoms with Crippen molar-refractivity contribution in [2.75, 3.05) is 60.0 Å². The molecule has 3 rings (SSSR count). The third-order valence-corrected chi connectivity index (χ3v) is 5.67. The molecule has 0 saturated carbocycles. The van der Waals surface area contributed by atoms with Crippen molar-refractivity contribution >= 4 is 11.6 Å². The molecule has 2 aromatic rings. The quantitative estimate of drug-likeness (QED) is 0.457. The van der Waals surface area contributed by atoms with Crippen molar-refractivity contribution in [2.24, 2.45) is 10.9 Å². The maximum absolute atomic E-state index is 5.44. The Balaban J connectivity index is 1.52. The SMILES string of the molecule is CN=C(NCc1cc(OC)c(OC)c(OC)c1)NCC1CCN(c2cccc(OC)c2)C1. The molecular formula is C24H34N4O4. The smallest absolute Gasteiger partial charge is 0.203 e. The molecule has 1 unspecified atom stereocenters. The first-order chi connectivity index (χ1) is 15.6. The fourth-order valence-electron chi connectivity index (χ4n) is 3.93. The fourth-order valence-corrected chi connectivity index (χ4v) is 3.93. The highest BCUT2D eigenvalue weighted by Gasteiger charge is 2.23. The number of nitrogens with zero attached hydrogens (tertiary/aromatic N) is 2. The molecule has 8 heteroatoms. The number of hydrogen-bond donors (Lipinski definition) is 2. The zero-order valence-electron chi connectivity index (χ0n) is 19.6. The average Bonchev–Trinajstić information content (AvgIpc) is 3.32. The van der Waals surface area contributed by atoms with Gasteiger partial charge in [-0.15, -0.1) is 0 Å². The molecule has 1 atom stereocenters. The second-order valence-electron chi connectivity index (χ2n) is 7.64. The van der Waals surface area contributed by atoms with Gasteiger partial charge in [-0.2, -0.15) is 0 Å². The summed E-state index contributed by atoms with van der Waals surface area (Å²) in [7, 11) is 8.31. The molecule has 1 aliphatic rings. The normalized spacial score (nSPS) is 16.0. The van der Waals surface area contributed by atoms with Crippen LogP contribution >= 0.6 is 0 Å². The van der Waals surface area contributed by atoms with Crippen LogP contribution < -0.4 is 34.5 Å². The van der Waals surface area contributed by atoms with E-state index in [0.717, 1.165) is 43.3 Å². The minimum atomic E-state index is 0.543. The van der Waals surface area contributed by atoms with E-state index in [1.165, 1.54) is 5.69 Å². The molecule has 32 heavy (non-hydrogen) atoms. The van der Waals surface area contributed by atoms with Gasteiger partial charge in [-0.1, -0.05) is 6.07 Å². The molecule has 0 bridgehead atoms. The number of ether oxygens (including phenoxy) is 4. The van der Waals surface area contributed by atoms with Crippen LogP contribution in [0.2, 0.25) is 0 Å². The van der Waals surface area contributed by atoms with Gasteiger partial charge in [-0.05, 0) is 42.2 Å². The van der Waals surface area contributed by atoms with Crippen LogP contribution in [0.3, 0.4) is 0 Å². The van der Waals surface area contributed by atoms with Crippen LogP contribution in [0, 0.1) is 5.92 Å². The Morgan fingerprint density at radius 3 is 2.38 bits per heavy atom. The third-order valence-electron chi connectivity index (χ3n) is 5.67. The number of anilines is 1. The van der Waals surface area contributed by atoms with E-state index in [2.05, 4.69) is 32.7 Å². The number of aliphatic imine (C=N–C) groups is 1. The van der Waals surface area contributed by atoms with Crippen LogP contribution in [0.15, 0.2) is 41.4 Å². The van der Waals surface area contributed by atoms with Gasteiger partial charge in [0.15, 0.2) is 17.5 Å². The molecule has 0 aliphatic carbocycles. The van der Waals surface area contributed by atoms with Crippen molar-refractivity contribution in [3.63, 3.8) is 0 Å². The predicted octanol–water partition coefficient (Wildman–Crippen LogP) is 2.91. The molecule has 0 spiro atoms. The van der Waals surface area contributed by atoms with Gasteiger partial charge in [0.1, 0.15) is 5.75 Å². The van der Waals surface area contributed by atoms with Crippen molar-refractivity contribution in [3.05, 3.63) is 42.0 Å². The van der Waals surface area contributed by atoms with Gasteiger partial charge in [-0.3, -0.25) is 4.99 Å². The Bertz CT molecular complexity index is 894. The molecule has 2 aromatic carbocycles. The average molecular weight is 443 g/mol. The largest absolute Gasteiger partial charge is 0.497 e. The topological polar surface area (TPSA) is 76.6 Å². The summed E-state index contributed by atoms with van der Waals surface area (Å²) in [5, 5.41) is 6.82. The van der Waals surface area contributed by atoms with Gasteiger partial charge in [0, 0.05) is 45.0 Å². The number of benzene rings is 2. The van der Waals surface area contributed by atoms with Crippen LogP contribution in [-0.4, -0.2) is 61.1 Å². The van der Waals surface area contributed by atoms with Gasteiger partial charge < -0.3 is 34.5 Å². The Kier molecular flexibility index (Phi) is 8.30. The summed E-state index contributed by atoms with van der Waals surface area (Å²) >= 11 is 0. The highest BCUT2D eigenvalue weighted by molar-refractivity contribution is 5.79. The van der Waals surface area contributed by atoms with Crippen LogP contribution in [-0.2, 0) is 6.54 Å². The molecule has 2 N–H and O–H groups in total. The zero-order chi connectivity index (χ0) is 22.9. The van der Waals surface area contributed by atoms with Crippen LogP contribution in [0.25, 0.3) is 0 Å². The van der Waals surface area contributed by atoms with E-state index in [1.54, 1.807) is 35.5 Å².